The van der Waals surface area contributed by atoms with Crippen LogP contribution in [0.3, 0.4) is 0 Å². The molecule has 1 fully saturated rings. The van der Waals surface area contributed by atoms with Gasteiger partial charge in [-0.05, 0) is 12.5 Å². The Morgan fingerprint density at radius 3 is 3.11 bits per heavy atom. The van der Waals surface area contributed by atoms with Crippen molar-refractivity contribution in [1.82, 2.24) is 14.7 Å². The van der Waals surface area contributed by atoms with Gasteiger partial charge in [0.05, 0.1) is 6.61 Å². The first kappa shape index (κ1) is 11.2. The van der Waals surface area contributed by atoms with Gasteiger partial charge < -0.3 is 13.8 Å². The molecule has 0 aromatic carbocycles. The molecule has 0 saturated carbocycles. The minimum atomic E-state index is -0.101. The van der Waals surface area contributed by atoms with Crippen LogP contribution in [0.15, 0.2) is 27.6 Å². The largest absolute Gasteiger partial charge is 0.381 e. The van der Waals surface area contributed by atoms with Crippen molar-refractivity contribution >= 4 is 0 Å². The second kappa shape index (κ2) is 4.38. The molecule has 1 aliphatic rings. The zero-order valence-electron chi connectivity index (χ0n) is 10.00. The normalized spacial score (nSPS) is 19.3. The monoisotopic (exact) mass is 247 g/mol. The summed E-state index contributed by atoms with van der Waals surface area (Å²) in [4.78, 5) is 15.9. The van der Waals surface area contributed by atoms with Crippen molar-refractivity contribution in [2.75, 3.05) is 13.2 Å². The van der Waals surface area contributed by atoms with E-state index in [4.69, 9.17) is 9.26 Å². The topological polar surface area (TPSA) is 70.2 Å². The van der Waals surface area contributed by atoms with Gasteiger partial charge >= 0.3 is 0 Å². The van der Waals surface area contributed by atoms with Gasteiger partial charge in [-0.15, -0.1) is 0 Å². The van der Waals surface area contributed by atoms with E-state index in [2.05, 4.69) is 10.1 Å². The zero-order valence-corrected chi connectivity index (χ0v) is 10.00. The summed E-state index contributed by atoms with van der Waals surface area (Å²) in [6.45, 7) is 1.37. The highest BCUT2D eigenvalue weighted by Gasteiger charge is 2.23. The lowest BCUT2D eigenvalue weighted by atomic mass is 10.1. The van der Waals surface area contributed by atoms with Crippen LogP contribution in [-0.4, -0.2) is 27.9 Å². The maximum absolute atomic E-state index is 11.5. The number of aromatic nitrogens is 3. The van der Waals surface area contributed by atoms with Gasteiger partial charge in [-0.3, -0.25) is 4.79 Å². The predicted molar refractivity (Wildman–Crippen MR) is 63.2 cm³/mol. The number of hydrogen-bond acceptors (Lipinski definition) is 5. The van der Waals surface area contributed by atoms with Crippen molar-refractivity contribution in [3.8, 4) is 11.5 Å². The Hall–Kier alpha value is -1.95. The summed E-state index contributed by atoms with van der Waals surface area (Å²) in [5.74, 6) is 1.24. The van der Waals surface area contributed by atoms with Crippen molar-refractivity contribution in [3.05, 3.63) is 34.5 Å². The van der Waals surface area contributed by atoms with E-state index in [1.165, 1.54) is 10.6 Å². The molecule has 0 radical (unpaired) electrons. The summed E-state index contributed by atoms with van der Waals surface area (Å²) in [5, 5.41) is 3.95. The van der Waals surface area contributed by atoms with Crippen LogP contribution in [0.5, 0.6) is 0 Å². The van der Waals surface area contributed by atoms with Crippen LogP contribution in [0.4, 0.5) is 0 Å². The molecule has 0 aliphatic carbocycles. The maximum atomic E-state index is 11.5. The second-order valence-electron chi connectivity index (χ2n) is 4.38. The second-order valence-corrected chi connectivity index (χ2v) is 4.38. The molecule has 3 rings (SSSR count). The van der Waals surface area contributed by atoms with E-state index in [1.54, 1.807) is 19.3 Å². The van der Waals surface area contributed by atoms with Gasteiger partial charge in [0.1, 0.15) is 0 Å². The SMILES string of the molecule is Cn1ccc(-c2nc([C@@H]3CCOC3)no2)cc1=O. The third kappa shape index (κ3) is 1.95. The summed E-state index contributed by atoms with van der Waals surface area (Å²) in [6, 6.07) is 3.27. The van der Waals surface area contributed by atoms with E-state index in [9.17, 15) is 4.79 Å². The molecule has 1 saturated heterocycles. The standard InChI is InChI=1S/C12H13N3O3/c1-15-4-2-8(6-10(15)16)12-13-11(14-18-12)9-3-5-17-7-9/h2,4,6,9H,3,5,7H2,1H3/t9-/m1/s1. The summed E-state index contributed by atoms with van der Waals surface area (Å²) >= 11 is 0. The molecule has 6 heteroatoms. The molecule has 0 amide bonds. The Morgan fingerprint density at radius 2 is 2.39 bits per heavy atom. The molecule has 0 spiro atoms. The quantitative estimate of drug-likeness (QED) is 0.789. The van der Waals surface area contributed by atoms with E-state index >= 15 is 0 Å². The average molecular weight is 247 g/mol. The molecule has 94 valence electrons. The van der Waals surface area contributed by atoms with Crippen LogP contribution in [0.2, 0.25) is 0 Å². The Balaban J connectivity index is 1.92. The predicted octanol–water partition coefficient (Wildman–Crippen LogP) is 0.939. The number of aryl methyl sites for hydroxylation is 1. The van der Waals surface area contributed by atoms with Crippen LogP contribution < -0.4 is 5.56 Å². The van der Waals surface area contributed by atoms with Crippen molar-refractivity contribution in [2.24, 2.45) is 7.05 Å². The Morgan fingerprint density at radius 1 is 1.50 bits per heavy atom. The van der Waals surface area contributed by atoms with Crippen LogP contribution in [0, 0.1) is 0 Å². The highest BCUT2D eigenvalue weighted by molar-refractivity contribution is 5.51. The van der Waals surface area contributed by atoms with Gasteiger partial charge in [-0.1, -0.05) is 5.16 Å². The lowest BCUT2D eigenvalue weighted by Gasteiger charge is -1.98. The molecule has 6 nitrogen and oxygen atoms in total. The lowest BCUT2D eigenvalue weighted by Crippen LogP contribution is -2.14. The summed E-state index contributed by atoms with van der Waals surface area (Å²) in [5.41, 5.74) is 0.548. The van der Waals surface area contributed by atoms with Gasteiger partial charge in [0.2, 0.25) is 0 Å². The Bertz CT molecular complexity index is 611. The van der Waals surface area contributed by atoms with Crippen LogP contribution >= 0.6 is 0 Å². The van der Waals surface area contributed by atoms with Gasteiger partial charge in [-0.25, -0.2) is 0 Å². The minimum Gasteiger partial charge on any atom is -0.381 e. The number of nitrogens with zero attached hydrogens (tertiary/aromatic N) is 3. The molecule has 2 aromatic rings. The van der Waals surface area contributed by atoms with Gasteiger partial charge in [0.25, 0.3) is 11.4 Å². The number of hydrogen-bond donors (Lipinski definition) is 0. The molecule has 18 heavy (non-hydrogen) atoms. The van der Waals surface area contributed by atoms with Crippen molar-refractivity contribution in [3.63, 3.8) is 0 Å². The van der Waals surface area contributed by atoms with Gasteiger partial charge in [0, 0.05) is 37.4 Å². The highest BCUT2D eigenvalue weighted by Crippen LogP contribution is 2.24. The zero-order chi connectivity index (χ0) is 12.5. The smallest absolute Gasteiger partial charge is 0.258 e. The first-order chi connectivity index (χ1) is 8.74. The maximum Gasteiger partial charge on any atom is 0.258 e. The summed E-state index contributed by atoms with van der Waals surface area (Å²) in [7, 11) is 1.70. The third-order valence-electron chi connectivity index (χ3n) is 3.09. The van der Waals surface area contributed by atoms with E-state index < -0.39 is 0 Å². The average Bonchev–Trinajstić information content (AvgIpc) is 3.01. The van der Waals surface area contributed by atoms with Crippen LogP contribution in [0.25, 0.3) is 11.5 Å². The molecule has 0 bridgehead atoms. The first-order valence-electron chi connectivity index (χ1n) is 5.82. The van der Waals surface area contributed by atoms with E-state index in [0.29, 0.717) is 23.9 Å². The molecule has 2 aromatic heterocycles. The minimum absolute atomic E-state index is 0.101. The molecular weight excluding hydrogens is 234 g/mol. The number of pyridine rings is 1. The molecule has 1 atom stereocenters. The fraction of sp³-hybridized carbons (Fsp3) is 0.417. The molecule has 1 aliphatic heterocycles. The fourth-order valence-corrected chi connectivity index (χ4v) is 1.94. The molecule has 3 heterocycles. The van der Waals surface area contributed by atoms with Crippen LogP contribution in [0.1, 0.15) is 18.2 Å². The van der Waals surface area contributed by atoms with Crippen molar-refractivity contribution in [1.29, 1.82) is 0 Å². The van der Waals surface area contributed by atoms with E-state index in [0.717, 1.165) is 13.0 Å². The molecule has 0 unspecified atom stereocenters. The van der Waals surface area contributed by atoms with E-state index in [-0.39, 0.29) is 11.5 Å². The van der Waals surface area contributed by atoms with E-state index in [1.807, 2.05) is 0 Å². The van der Waals surface area contributed by atoms with Crippen molar-refractivity contribution in [2.45, 2.75) is 12.3 Å². The van der Waals surface area contributed by atoms with Gasteiger partial charge in [0.15, 0.2) is 5.82 Å². The molecule has 0 N–H and O–H groups in total. The molecular formula is C12H13N3O3. The number of rotatable bonds is 2. The third-order valence-corrected chi connectivity index (χ3v) is 3.09. The van der Waals surface area contributed by atoms with Gasteiger partial charge in [-0.2, -0.15) is 4.98 Å². The van der Waals surface area contributed by atoms with Crippen LogP contribution in [-0.2, 0) is 11.8 Å². The number of ether oxygens (including phenoxy) is 1. The lowest BCUT2D eigenvalue weighted by molar-refractivity contribution is 0.192. The Kier molecular flexibility index (Phi) is 2.71. The fourth-order valence-electron chi connectivity index (χ4n) is 1.94. The highest BCUT2D eigenvalue weighted by atomic mass is 16.5. The van der Waals surface area contributed by atoms with Crippen molar-refractivity contribution < 1.29 is 9.26 Å². The summed E-state index contributed by atoms with van der Waals surface area (Å²) in [6.07, 6.45) is 2.59. The first-order valence-corrected chi connectivity index (χ1v) is 5.82. The summed E-state index contributed by atoms with van der Waals surface area (Å²) < 4.78 is 12.0. The Labute approximate surface area is 103 Å².